The first-order chi connectivity index (χ1) is 10.0. The van der Waals surface area contributed by atoms with E-state index >= 15 is 0 Å². The van der Waals surface area contributed by atoms with E-state index < -0.39 is 9.84 Å². The molecule has 0 atom stereocenters. The van der Waals surface area contributed by atoms with Crippen LogP contribution in [0.15, 0.2) is 29.2 Å². The van der Waals surface area contributed by atoms with Gasteiger partial charge in [-0.15, -0.1) is 0 Å². The van der Waals surface area contributed by atoms with Crippen molar-refractivity contribution in [2.75, 3.05) is 50.4 Å². The van der Waals surface area contributed by atoms with Gasteiger partial charge in [0, 0.05) is 38.1 Å². The molecule has 1 saturated heterocycles. The average Bonchev–Trinajstić information content (AvgIpc) is 2.48. The molecule has 0 amide bonds. The Labute approximate surface area is 127 Å². The number of anilines is 1. The summed E-state index contributed by atoms with van der Waals surface area (Å²) in [6.45, 7) is 5.98. The number of rotatable bonds is 6. The summed E-state index contributed by atoms with van der Waals surface area (Å²) in [4.78, 5) is 5.16. The van der Waals surface area contributed by atoms with Crippen molar-refractivity contribution in [3.8, 4) is 0 Å². The molecule has 1 aromatic rings. The normalized spacial score (nSPS) is 17.1. The van der Waals surface area contributed by atoms with Gasteiger partial charge in [-0.25, -0.2) is 8.42 Å². The third-order valence-corrected chi connectivity index (χ3v) is 5.06. The van der Waals surface area contributed by atoms with E-state index in [4.69, 9.17) is 5.73 Å². The van der Waals surface area contributed by atoms with Crippen molar-refractivity contribution >= 4 is 15.5 Å². The average molecular weight is 311 g/mol. The van der Waals surface area contributed by atoms with E-state index in [2.05, 4.69) is 9.80 Å². The molecule has 1 aromatic carbocycles. The Balaban J connectivity index is 1.87. The van der Waals surface area contributed by atoms with Crippen LogP contribution in [-0.4, -0.2) is 58.8 Å². The van der Waals surface area contributed by atoms with E-state index in [0.29, 0.717) is 4.90 Å². The third-order valence-electron chi connectivity index (χ3n) is 3.93. The minimum atomic E-state index is -3.11. The molecule has 21 heavy (non-hydrogen) atoms. The summed E-state index contributed by atoms with van der Waals surface area (Å²) in [5.74, 6) is 0. The highest BCUT2D eigenvalue weighted by molar-refractivity contribution is 7.90. The van der Waals surface area contributed by atoms with Gasteiger partial charge in [0.05, 0.1) is 4.90 Å². The van der Waals surface area contributed by atoms with Crippen molar-refractivity contribution < 1.29 is 8.42 Å². The summed E-state index contributed by atoms with van der Waals surface area (Å²) in [5.41, 5.74) is 6.62. The smallest absolute Gasteiger partial charge is 0.175 e. The highest BCUT2D eigenvalue weighted by atomic mass is 32.2. The monoisotopic (exact) mass is 311 g/mol. The molecular weight excluding hydrogens is 286 g/mol. The number of unbranched alkanes of at least 4 members (excludes halogenated alkanes) is 1. The minimum Gasteiger partial charge on any atom is -0.369 e. The molecule has 0 bridgehead atoms. The number of sulfone groups is 1. The van der Waals surface area contributed by atoms with Gasteiger partial charge < -0.3 is 10.6 Å². The maximum absolute atomic E-state index is 11.5. The third kappa shape index (κ3) is 4.69. The second kappa shape index (κ2) is 7.24. The Kier molecular flexibility index (Phi) is 5.61. The van der Waals surface area contributed by atoms with Gasteiger partial charge in [0.15, 0.2) is 9.84 Å². The van der Waals surface area contributed by atoms with Crippen LogP contribution in [0.3, 0.4) is 0 Å². The van der Waals surface area contributed by atoms with Crippen LogP contribution in [0.4, 0.5) is 5.69 Å². The fourth-order valence-corrected chi connectivity index (χ4v) is 3.24. The molecule has 5 nitrogen and oxygen atoms in total. The molecule has 1 heterocycles. The van der Waals surface area contributed by atoms with Gasteiger partial charge in [-0.1, -0.05) is 0 Å². The zero-order chi connectivity index (χ0) is 15.3. The van der Waals surface area contributed by atoms with Gasteiger partial charge in [-0.05, 0) is 50.2 Å². The zero-order valence-corrected chi connectivity index (χ0v) is 13.5. The fraction of sp³-hybridized carbons (Fsp3) is 0.600. The number of nitrogens with two attached hydrogens (primary N) is 1. The van der Waals surface area contributed by atoms with E-state index in [1.54, 1.807) is 12.1 Å². The molecule has 0 spiro atoms. The van der Waals surface area contributed by atoms with Gasteiger partial charge in [0.1, 0.15) is 0 Å². The maximum Gasteiger partial charge on any atom is 0.175 e. The fourth-order valence-electron chi connectivity index (χ4n) is 2.61. The lowest BCUT2D eigenvalue weighted by Crippen LogP contribution is -2.46. The molecule has 2 N–H and O–H groups in total. The first kappa shape index (κ1) is 16.3. The molecule has 0 aliphatic carbocycles. The lowest BCUT2D eigenvalue weighted by atomic mass is 10.2. The zero-order valence-electron chi connectivity index (χ0n) is 12.7. The van der Waals surface area contributed by atoms with Crippen LogP contribution in [0.5, 0.6) is 0 Å². The Hall–Kier alpha value is -1.11. The number of hydrogen-bond donors (Lipinski definition) is 1. The lowest BCUT2D eigenvalue weighted by Gasteiger charge is -2.36. The van der Waals surface area contributed by atoms with Crippen molar-refractivity contribution in [2.24, 2.45) is 5.73 Å². The Bertz CT molecular complexity index is 535. The second-order valence-electron chi connectivity index (χ2n) is 5.59. The van der Waals surface area contributed by atoms with Crippen LogP contribution in [0.2, 0.25) is 0 Å². The Morgan fingerprint density at radius 3 is 2.19 bits per heavy atom. The quantitative estimate of drug-likeness (QED) is 0.792. The molecule has 1 fully saturated rings. The molecule has 0 aromatic heterocycles. The molecule has 0 saturated carbocycles. The van der Waals surface area contributed by atoms with E-state index in [0.717, 1.165) is 51.4 Å². The number of benzene rings is 1. The lowest BCUT2D eigenvalue weighted by molar-refractivity contribution is 0.253. The van der Waals surface area contributed by atoms with Crippen LogP contribution in [0.1, 0.15) is 12.8 Å². The largest absolute Gasteiger partial charge is 0.369 e. The molecule has 6 heteroatoms. The summed E-state index contributed by atoms with van der Waals surface area (Å²) in [5, 5.41) is 0. The standard InChI is InChI=1S/C15H25N3O2S/c1-21(19,20)15-6-4-14(5-7-15)18-12-10-17(11-13-18)9-3-2-8-16/h4-7H,2-3,8-13,16H2,1H3. The van der Waals surface area contributed by atoms with Crippen molar-refractivity contribution in [1.29, 1.82) is 0 Å². The molecule has 1 aliphatic rings. The van der Waals surface area contributed by atoms with Crippen LogP contribution < -0.4 is 10.6 Å². The SMILES string of the molecule is CS(=O)(=O)c1ccc(N2CCN(CCCCN)CC2)cc1. The highest BCUT2D eigenvalue weighted by Crippen LogP contribution is 2.19. The molecule has 0 radical (unpaired) electrons. The van der Waals surface area contributed by atoms with Crippen molar-refractivity contribution in [3.05, 3.63) is 24.3 Å². The number of hydrogen-bond acceptors (Lipinski definition) is 5. The summed E-state index contributed by atoms with van der Waals surface area (Å²) >= 11 is 0. The van der Waals surface area contributed by atoms with E-state index in [9.17, 15) is 8.42 Å². The van der Waals surface area contributed by atoms with Gasteiger partial charge in [0.2, 0.25) is 0 Å². The summed E-state index contributed by atoms with van der Waals surface area (Å²) in [6, 6.07) is 7.19. The van der Waals surface area contributed by atoms with Crippen molar-refractivity contribution in [3.63, 3.8) is 0 Å². The van der Waals surface area contributed by atoms with Gasteiger partial charge in [0.25, 0.3) is 0 Å². The Morgan fingerprint density at radius 2 is 1.67 bits per heavy atom. The summed E-state index contributed by atoms with van der Waals surface area (Å²) in [7, 11) is -3.11. The van der Waals surface area contributed by atoms with E-state index in [-0.39, 0.29) is 0 Å². The van der Waals surface area contributed by atoms with Crippen LogP contribution in [0.25, 0.3) is 0 Å². The minimum absolute atomic E-state index is 0.381. The Morgan fingerprint density at radius 1 is 1.05 bits per heavy atom. The predicted octanol–water partition coefficient (Wildman–Crippen LogP) is 0.951. The maximum atomic E-state index is 11.5. The van der Waals surface area contributed by atoms with Crippen LogP contribution in [-0.2, 0) is 9.84 Å². The summed E-state index contributed by atoms with van der Waals surface area (Å²) < 4.78 is 22.9. The predicted molar refractivity (Wildman–Crippen MR) is 86.5 cm³/mol. The van der Waals surface area contributed by atoms with Crippen LogP contribution >= 0.6 is 0 Å². The van der Waals surface area contributed by atoms with E-state index in [1.165, 1.54) is 12.7 Å². The number of nitrogens with zero attached hydrogens (tertiary/aromatic N) is 2. The molecule has 118 valence electrons. The van der Waals surface area contributed by atoms with Gasteiger partial charge in [-0.3, -0.25) is 4.90 Å². The molecule has 0 unspecified atom stereocenters. The van der Waals surface area contributed by atoms with Gasteiger partial charge in [-0.2, -0.15) is 0 Å². The van der Waals surface area contributed by atoms with Crippen molar-refractivity contribution in [1.82, 2.24) is 4.90 Å². The molecule has 2 rings (SSSR count). The van der Waals surface area contributed by atoms with E-state index in [1.807, 2.05) is 12.1 Å². The summed E-state index contributed by atoms with van der Waals surface area (Å²) in [6.07, 6.45) is 3.49. The molecule has 1 aliphatic heterocycles. The molecular formula is C15H25N3O2S. The second-order valence-corrected chi connectivity index (χ2v) is 7.61. The first-order valence-corrected chi connectivity index (χ1v) is 9.37. The van der Waals surface area contributed by atoms with Crippen LogP contribution in [0, 0.1) is 0 Å². The number of piperazine rings is 1. The topological polar surface area (TPSA) is 66.6 Å². The first-order valence-electron chi connectivity index (χ1n) is 7.48. The highest BCUT2D eigenvalue weighted by Gasteiger charge is 2.17. The van der Waals surface area contributed by atoms with Gasteiger partial charge >= 0.3 is 0 Å². The van der Waals surface area contributed by atoms with Crippen molar-refractivity contribution in [2.45, 2.75) is 17.7 Å².